The first-order valence-corrected chi connectivity index (χ1v) is 9.19. The lowest BCUT2D eigenvalue weighted by Gasteiger charge is -2.12. The molecule has 26 heavy (non-hydrogen) atoms. The molecule has 0 spiro atoms. The molecular weight excluding hydrogens is 363 g/mol. The molecule has 9 heteroatoms. The van der Waals surface area contributed by atoms with Gasteiger partial charge in [-0.15, -0.1) is 4.73 Å². The summed E-state index contributed by atoms with van der Waals surface area (Å²) in [6, 6.07) is 9.12. The first-order valence-electron chi connectivity index (χ1n) is 7.71. The van der Waals surface area contributed by atoms with Crippen molar-refractivity contribution in [1.82, 2.24) is 0 Å². The largest absolute Gasteiger partial charge is 0.618 e. The van der Waals surface area contributed by atoms with Crippen LogP contribution in [0.25, 0.3) is 11.0 Å². The number of halogens is 1. The number of benzene rings is 2. The molecule has 0 atom stereocenters. The van der Waals surface area contributed by atoms with Gasteiger partial charge in [-0.1, -0.05) is 18.2 Å². The van der Waals surface area contributed by atoms with Crippen molar-refractivity contribution in [1.29, 1.82) is 0 Å². The summed E-state index contributed by atoms with van der Waals surface area (Å²) in [5, 5.41) is 24.5. The first kappa shape index (κ1) is 17.9. The number of rotatable bonds is 4. The molecule has 0 saturated heterocycles. The fourth-order valence-corrected chi connectivity index (χ4v) is 4.19. The maximum atomic E-state index is 14.1. The molecule has 0 aliphatic carbocycles. The first-order chi connectivity index (χ1) is 12.3. The van der Waals surface area contributed by atoms with Crippen LogP contribution >= 0.6 is 0 Å². The lowest BCUT2D eigenvalue weighted by atomic mass is 10.2. The number of ether oxygens (including phenoxy) is 1. The van der Waals surface area contributed by atoms with Crippen molar-refractivity contribution in [3.05, 3.63) is 64.4 Å². The van der Waals surface area contributed by atoms with E-state index in [1.165, 1.54) is 31.2 Å². The Balaban J connectivity index is 2.37. The highest BCUT2D eigenvalue weighted by Gasteiger charge is 2.37. The van der Waals surface area contributed by atoms with Gasteiger partial charge in [-0.2, -0.15) is 4.73 Å². The Hall–Kier alpha value is -2.94. The van der Waals surface area contributed by atoms with Crippen LogP contribution in [0.4, 0.5) is 4.39 Å². The van der Waals surface area contributed by atoms with Crippen LogP contribution in [0.5, 0.6) is 5.75 Å². The van der Waals surface area contributed by atoms with Gasteiger partial charge in [-0.05, 0) is 19.1 Å². The van der Waals surface area contributed by atoms with Gasteiger partial charge < -0.3 is 15.2 Å². The van der Waals surface area contributed by atoms with Crippen molar-refractivity contribution < 1.29 is 27.0 Å². The quantitative estimate of drug-likeness (QED) is 0.509. The molecule has 136 valence electrons. The van der Waals surface area contributed by atoms with E-state index in [9.17, 15) is 23.2 Å². The molecule has 7 nitrogen and oxygen atoms in total. The third-order valence-corrected chi connectivity index (χ3v) is 5.74. The summed E-state index contributed by atoms with van der Waals surface area (Å²) < 4.78 is 45.3. The van der Waals surface area contributed by atoms with E-state index in [4.69, 9.17) is 4.74 Å². The number of nitrogens with zero attached hydrogens (tertiary/aromatic N) is 2. The molecule has 0 fully saturated rings. The Labute approximate surface area is 149 Å². The van der Waals surface area contributed by atoms with Crippen LogP contribution in [-0.2, 0) is 9.84 Å². The second kappa shape index (κ2) is 6.41. The Kier molecular flexibility index (Phi) is 4.41. The fourth-order valence-electron chi connectivity index (χ4n) is 2.66. The molecule has 0 bridgehead atoms. The van der Waals surface area contributed by atoms with Crippen molar-refractivity contribution in [2.24, 2.45) is 0 Å². The summed E-state index contributed by atoms with van der Waals surface area (Å²) in [5.74, 6) is -1.06. The van der Waals surface area contributed by atoms with E-state index >= 15 is 0 Å². The van der Waals surface area contributed by atoms with Crippen LogP contribution < -0.4 is 14.2 Å². The molecule has 3 rings (SSSR count). The van der Waals surface area contributed by atoms with Crippen molar-refractivity contribution in [3.63, 3.8) is 0 Å². The van der Waals surface area contributed by atoms with Crippen LogP contribution in [-0.4, -0.2) is 15.0 Å². The number of aromatic nitrogens is 2. The molecule has 0 aliphatic heterocycles. The summed E-state index contributed by atoms with van der Waals surface area (Å²) in [4.78, 5) is -0.140. The molecule has 1 aromatic heterocycles. The second-order valence-electron chi connectivity index (χ2n) is 5.50. The molecule has 2 aromatic carbocycles. The van der Waals surface area contributed by atoms with Crippen molar-refractivity contribution >= 4 is 20.9 Å². The monoisotopic (exact) mass is 378 g/mol. The average molecular weight is 378 g/mol. The Morgan fingerprint density at radius 2 is 1.69 bits per heavy atom. The topological polar surface area (TPSA) is 97.2 Å². The molecule has 1 heterocycles. The van der Waals surface area contributed by atoms with Crippen LogP contribution in [0.3, 0.4) is 0 Å². The second-order valence-corrected chi connectivity index (χ2v) is 7.37. The van der Waals surface area contributed by atoms with E-state index in [1.807, 2.05) is 0 Å². The number of sulfone groups is 1. The number of hydrogen-bond donors (Lipinski definition) is 0. The Morgan fingerprint density at radius 1 is 1.08 bits per heavy atom. The van der Waals surface area contributed by atoms with Gasteiger partial charge in [0.05, 0.1) is 23.6 Å². The van der Waals surface area contributed by atoms with E-state index in [-0.39, 0.29) is 33.2 Å². The predicted molar refractivity (Wildman–Crippen MR) is 89.6 cm³/mol. The molecule has 3 aromatic rings. The smallest absolute Gasteiger partial charge is 0.382 e. The normalized spacial score (nSPS) is 11.7. The highest BCUT2D eigenvalue weighted by molar-refractivity contribution is 7.91. The SMILES string of the molecule is CCOc1cc2c(cc1F)[n+]([O-])c(S(=O)(=O)c1ccccc1)c(C)[n+]2[O-]. The van der Waals surface area contributed by atoms with Gasteiger partial charge in [0.2, 0.25) is 0 Å². The van der Waals surface area contributed by atoms with Crippen LogP contribution in [0.2, 0.25) is 0 Å². The Morgan fingerprint density at radius 3 is 2.31 bits per heavy atom. The van der Waals surface area contributed by atoms with Crippen molar-refractivity contribution in [2.75, 3.05) is 6.61 Å². The maximum absolute atomic E-state index is 14.1. The summed E-state index contributed by atoms with van der Waals surface area (Å²) in [5.41, 5.74) is -0.902. The van der Waals surface area contributed by atoms with Crippen LogP contribution in [0.1, 0.15) is 12.6 Å². The van der Waals surface area contributed by atoms with Crippen molar-refractivity contribution in [3.8, 4) is 5.75 Å². The molecular formula is C17H15FN2O5S. The van der Waals surface area contributed by atoms with Gasteiger partial charge >= 0.3 is 5.03 Å². The van der Waals surface area contributed by atoms with Gasteiger partial charge in [-0.3, -0.25) is 0 Å². The van der Waals surface area contributed by atoms with E-state index in [1.54, 1.807) is 13.0 Å². The molecule has 0 amide bonds. The zero-order valence-corrected chi connectivity index (χ0v) is 14.8. The van der Waals surface area contributed by atoms with E-state index in [0.29, 0.717) is 4.73 Å². The van der Waals surface area contributed by atoms with Crippen LogP contribution in [0, 0.1) is 23.2 Å². The average Bonchev–Trinajstić information content (AvgIpc) is 2.62. The molecule has 0 aliphatic rings. The van der Waals surface area contributed by atoms with E-state index < -0.39 is 26.2 Å². The lowest BCUT2D eigenvalue weighted by Crippen LogP contribution is -2.46. The van der Waals surface area contributed by atoms with Crippen molar-refractivity contribution in [2.45, 2.75) is 23.8 Å². The van der Waals surface area contributed by atoms with Gasteiger partial charge in [0.25, 0.3) is 26.6 Å². The summed E-state index contributed by atoms with van der Waals surface area (Å²) in [7, 11) is -4.27. The molecule has 0 N–H and O–H groups in total. The van der Waals surface area contributed by atoms with Gasteiger partial charge in [0.15, 0.2) is 11.6 Å². The third kappa shape index (κ3) is 2.70. The zero-order valence-electron chi connectivity index (χ0n) is 14.0. The third-order valence-electron chi connectivity index (χ3n) is 3.87. The fraction of sp³-hybridized carbons (Fsp3) is 0.176. The minimum Gasteiger partial charge on any atom is -0.618 e. The van der Waals surface area contributed by atoms with E-state index in [2.05, 4.69) is 0 Å². The number of fused-ring (bicyclic) bond motifs is 1. The van der Waals surface area contributed by atoms with Gasteiger partial charge in [0.1, 0.15) is 0 Å². The highest BCUT2D eigenvalue weighted by Crippen LogP contribution is 2.25. The molecule has 0 radical (unpaired) electrons. The summed E-state index contributed by atoms with van der Waals surface area (Å²) in [6.07, 6.45) is 0. The summed E-state index contributed by atoms with van der Waals surface area (Å²) >= 11 is 0. The Bertz CT molecular complexity index is 1100. The summed E-state index contributed by atoms with van der Waals surface area (Å²) in [6.45, 7) is 3.03. The standard InChI is InChI=1S/C17H15FN2O5S/c1-3-25-16-10-15-14(9-13(16)18)20(22)17(11(2)19(15)21)26(23,24)12-7-5-4-6-8-12/h4-10H,3H2,1-2H3. The highest BCUT2D eigenvalue weighted by atomic mass is 32.2. The van der Waals surface area contributed by atoms with Gasteiger partial charge in [0, 0.05) is 6.92 Å². The van der Waals surface area contributed by atoms with Gasteiger partial charge in [-0.25, -0.2) is 12.8 Å². The zero-order chi connectivity index (χ0) is 19.1. The minimum atomic E-state index is -4.27. The van der Waals surface area contributed by atoms with Crippen LogP contribution in [0.15, 0.2) is 52.4 Å². The predicted octanol–water partition coefficient (Wildman–Crippen LogP) is 1.79. The molecule has 0 saturated carbocycles. The maximum Gasteiger partial charge on any atom is 0.382 e. The van der Waals surface area contributed by atoms with E-state index in [0.717, 1.165) is 12.1 Å². The molecule has 0 unspecified atom stereocenters. The number of hydrogen-bond acceptors (Lipinski definition) is 5. The minimum absolute atomic E-state index is 0.0696. The lowest BCUT2D eigenvalue weighted by molar-refractivity contribution is -0.664.